The van der Waals surface area contributed by atoms with Crippen molar-refractivity contribution >= 4 is 43.6 Å². The average molecular weight is 1890 g/mol. The summed E-state index contributed by atoms with van der Waals surface area (Å²) in [6.45, 7) is 8.65. The molecule has 0 unspecified atom stereocenters. The molecule has 0 radical (unpaired) electrons. The van der Waals surface area contributed by atoms with Gasteiger partial charge < -0.3 is 9.13 Å². The Morgan fingerprint density at radius 3 is 0.780 bits per heavy atom. The summed E-state index contributed by atoms with van der Waals surface area (Å²) in [4.78, 5) is 29.8. The molecule has 0 fully saturated rings. The first-order valence-corrected chi connectivity index (χ1v) is 44.9. The third-order valence-corrected chi connectivity index (χ3v) is 25.1. The van der Waals surface area contributed by atoms with E-state index in [9.17, 15) is 65.9 Å². The van der Waals surface area contributed by atoms with Crippen LogP contribution in [0.2, 0.25) is 0 Å². The Labute approximate surface area is 798 Å². The highest BCUT2D eigenvalue weighted by atomic mass is 19.4. The SMILES string of the molecule is Cc1cccc(-c2cc(-c3nc(-c4ccccc4)nc(-c4ccccc4)n3)cc(-c3cccc(C(F)(F)F)c3)c2-n2c3ccc(-c4ccc(C(F)(F)F)cc4C)cc3c3cc(-c4ccc(C)cc4C(F)(F)F)ccc32)c1.Cc1cccc(-c2cc(-c3nc(-c4ccccc4)nc(-c4ccccc4)n3)cc(-c3cccc(C(F)(F)F)c3)c2-n2c3ccccc3c3cc(-c4ccc(C)cc4C(F)(F)F)ccc32)c1. The topological polar surface area (TPSA) is 87.2 Å². The van der Waals surface area contributed by atoms with Gasteiger partial charge in [-0.3, -0.25) is 0 Å². The maximum atomic E-state index is 14.8. The third kappa shape index (κ3) is 18.4. The number of alkyl halides is 15. The van der Waals surface area contributed by atoms with Gasteiger partial charge >= 0.3 is 30.9 Å². The summed E-state index contributed by atoms with van der Waals surface area (Å²) in [5, 5.41) is 2.40. The predicted octanol–water partition coefficient (Wildman–Crippen LogP) is 34.2. The number of aromatic nitrogens is 8. The Bertz CT molecular complexity index is 8340. The van der Waals surface area contributed by atoms with Crippen molar-refractivity contribution in [3.05, 3.63) is 432 Å². The molecule has 8 nitrogen and oxygen atoms in total. The summed E-state index contributed by atoms with van der Waals surface area (Å²) in [5.74, 6) is 2.06. The van der Waals surface area contributed by atoms with Crippen molar-refractivity contribution in [1.82, 2.24) is 39.0 Å². The number of hydrogen-bond donors (Lipinski definition) is 0. The van der Waals surface area contributed by atoms with Crippen LogP contribution in [0, 0.1) is 34.6 Å². The molecule has 0 aliphatic rings. The first-order valence-electron chi connectivity index (χ1n) is 44.9. The van der Waals surface area contributed by atoms with Gasteiger partial charge in [-0.15, -0.1) is 0 Å². The molecule has 0 spiro atoms. The summed E-state index contributed by atoms with van der Waals surface area (Å²) in [6, 6.07) is 106. The number of aryl methyl sites for hydroxylation is 5. The highest BCUT2D eigenvalue weighted by Crippen LogP contribution is 2.52. The molecule has 4 heterocycles. The zero-order valence-electron chi connectivity index (χ0n) is 75.5. The molecule has 21 rings (SSSR count). The quantitative estimate of drug-likeness (QED) is 0.0951. The number of hydrogen-bond acceptors (Lipinski definition) is 6. The molecule has 0 saturated heterocycles. The second kappa shape index (κ2) is 36.3. The van der Waals surface area contributed by atoms with Gasteiger partial charge in [0.2, 0.25) is 0 Å². The largest absolute Gasteiger partial charge is 0.417 e. The second-order valence-electron chi connectivity index (χ2n) is 34.8. The number of halogens is 15. The number of fused-ring (bicyclic) bond motifs is 6. The molecule has 694 valence electrons. The van der Waals surface area contributed by atoms with Crippen LogP contribution >= 0.6 is 0 Å². The van der Waals surface area contributed by atoms with E-state index >= 15 is 0 Å². The van der Waals surface area contributed by atoms with Crippen LogP contribution in [0.1, 0.15) is 55.6 Å². The number of benzene rings is 17. The van der Waals surface area contributed by atoms with Crippen LogP contribution in [-0.2, 0) is 30.9 Å². The highest BCUT2D eigenvalue weighted by Gasteiger charge is 2.39. The molecular weight excluding hydrogens is 1810 g/mol. The van der Waals surface area contributed by atoms with Gasteiger partial charge in [0, 0.05) is 77.2 Å². The third-order valence-electron chi connectivity index (χ3n) is 25.1. The lowest BCUT2D eigenvalue weighted by atomic mass is 9.91. The maximum Gasteiger partial charge on any atom is 0.417 e. The Morgan fingerprint density at radius 1 is 0.177 bits per heavy atom. The van der Waals surface area contributed by atoms with Crippen LogP contribution in [0.3, 0.4) is 0 Å². The molecule has 21 aromatic rings. The van der Waals surface area contributed by atoms with Gasteiger partial charge in [-0.2, -0.15) is 65.9 Å². The van der Waals surface area contributed by atoms with Gasteiger partial charge in [0.15, 0.2) is 34.9 Å². The van der Waals surface area contributed by atoms with E-state index in [1.54, 1.807) is 106 Å². The smallest absolute Gasteiger partial charge is 0.308 e. The van der Waals surface area contributed by atoms with Gasteiger partial charge in [-0.1, -0.05) is 283 Å². The molecule has 0 aliphatic heterocycles. The van der Waals surface area contributed by atoms with Crippen molar-refractivity contribution in [3.63, 3.8) is 0 Å². The van der Waals surface area contributed by atoms with E-state index in [2.05, 4.69) is 0 Å². The van der Waals surface area contributed by atoms with Crippen LogP contribution in [0.15, 0.2) is 376 Å². The molecule has 23 heteroatoms. The predicted molar refractivity (Wildman–Crippen MR) is 528 cm³/mol. The minimum Gasteiger partial charge on any atom is -0.308 e. The van der Waals surface area contributed by atoms with E-state index in [4.69, 9.17) is 29.9 Å². The Balaban J connectivity index is 0.000000175. The van der Waals surface area contributed by atoms with Crippen LogP contribution in [-0.4, -0.2) is 39.0 Å². The van der Waals surface area contributed by atoms with E-state index in [1.165, 1.54) is 30.3 Å². The van der Waals surface area contributed by atoms with Crippen molar-refractivity contribution in [3.8, 4) is 158 Å². The van der Waals surface area contributed by atoms with Crippen molar-refractivity contribution in [2.24, 2.45) is 0 Å². The fourth-order valence-electron chi connectivity index (χ4n) is 18.5. The molecule has 0 aliphatic carbocycles. The van der Waals surface area contributed by atoms with Crippen molar-refractivity contribution in [1.29, 1.82) is 0 Å². The van der Waals surface area contributed by atoms with E-state index in [0.29, 0.717) is 162 Å². The van der Waals surface area contributed by atoms with E-state index in [0.717, 1.165) is 81.7 Å². The normalized spacial score (nSPS) is 12.1. The zero-order chi connectivity index (χ0) is 98.3. The number of rotatable bonds is 15. The van der Waals surface area contributed by atoms with Crippen molar-refractivity contribution in [2.45, 2.75) is 65.5 Å². The summed E-state index contributed by atoms with van der Waals surface area (Å²) in [5.41, 5.74) is 11.5. The van der Waals surface area contributed by atoms with Crippen LogP contribution in [0.4, 0.5) is 65.9 Å². The minimum absolute atomic E-state index is 0.0402. The molecule has 17 aromatic carbocycles. The maximum absolute atomic E-state index is 14.8. The highest BCUT2D eigenvalue weighted by molar-refractivity contribution is 6.15. The van der Waals surface area contributed by atoms with Gasteiger partial charge in [0.1, 0.15) is 0 Å². The number of para-hydroxylation sites is 1. The van der Waals surface area contributed by atoms with E-state index < -0.39 is 58.7 Å². The molecule has 0 atom stereocenters. The Kier molecular flexibility index (Phi) is 23.7. The lowest BCUT2D eigenvalue weighted by Crippen LogP contribution is -2.07. The van der Waals surface area contributed by atoms with Crippen LogP contribution < -0.4 is 0 Å². The lowest BCUT2D eigenvalue weighted by molar-refractivity contribution is -0.138. The zero-order valence-corrected chi connectivity index (χ0v) is 75.5. The monoisotopic (exact) mass is 1890 g/mol. The fourth-order valence-corrected chi connectivity index (χ4v) is 18.5. The molecule has 0 amide bonds. The van der Waals surface area contributed by atoms with Gasteiger partial charge in [0.25, 0.3) is 0 Å². The molecule has 141 heavy (non-hydrogen) atoms. The van der Waals surface area contributed by atoms with Crippen molar-refractivity contribution in [2.75, 3.05) is 0 Å². The summed E-state index contributed by atoms with van der Waals surface area (Å²) in [7, 11) is 0. The molecule has 0 bridgehead atoms. The fraction of sp³-hybridized carbons (Fsp3) is 0.0847. The Hall–Kier alpha value is -16.7. The average Bonchev–Trinajstić information content (AvgIpc) is 1.57. The first-order chi connectivity index (χ1) is 67.6. The molecule has 0 saturated carbocycles. The van der Waals surface area contributed by atoms with Crippen LogP contribution in [0.25, 0.3) is 201 Å². The Morgan fingerprint density at radius 2 is 0.447 bits per heavy atom. The standard InChI is InChI=1S/C63H41F9N4.C55H36F6N4/c1-36-12-10-17-41(28-36)50-34-45(60-74-58(39-13-6-4-7-14-39)73-59(75-60)40-15-8-5-9-16-40)35-51(42-18-11-19-46(31-42)61(64,65)66)57(50)76-55-26-21-43(48-25-23-47(30-38(48)3)62(67,68)69)32-52(55)53-33-44(22-27-56(53)76)49-24-20-37(2)29-54(49)63(70,71)72;1-33-13-11-18-37(27-33)44-31-40(53-63-51(35-14-5-3-6-15-35)62-52(64-53)36-16-7-4-8-17-36)32-45(38-19-12-20-41(29-38)54(56,57)58)50(44)65-48-22-10-9-21-43(48)46-30-39(24-26-49(46)65)42-25-23-34(2)28-47(42)55(59,60)61/h4-35H,1-3H3;3-32H,1-2H3. The summed E-state index contributed by atoms with van der Waals surface area (Å²) in [6.07, 6.45) is -23.3. The van der Waals surface area contributed by atoms with Gasteiger partial charge in [0.05, 0.1) is 61.3 Å². The van der Waals surface area contributed by atoms with Gasteiger partial charge in [-0.25, -0.2) is 29.9 Å². The van der Waals surface area contributed by atoms with Crippen LogP contribution in [0.5, 0.6) is 0 Å². The second-order valence-corrected chi connectivity index (χ2v) is 34.8. The first kappa shape index (κ1) is 92.0. The van der Waals surface area contributed by atoms with Crippen molar-refractivity contribution < 1.29 is 65.9 Å². The summed E-state index contributed by atoms with van der Waals surface area (Å²) >= 11 is 0. The molecule has 4 aromatic heterocycles. The van der Waals surface area contributed by atoms with E-state index in [-0.39, 0.29) is 33.6 Å². The lowest BCUT2D eigenvalue weighted by Gasteiger charge is -2.22. The van der Waals surface area contributed by atoms with E-state index in [1.807, 2.05) is 235 Å². The minimum atomic E-state index is -4.74. The van der Waals surface area contributed by atoms with Gasteiger partial charge in [-0.05, 0) is 211 Å². The molecule has 0 N–H and O–H groups in total. The molecular formula is C118H77F15N8. The summed E-state index contributed by atoms with van der Waals surface area (Å²) < 4.78 is 222. The number of nitrogens with zero attached hydrogens (tertiary/aromatic N) is 8.